The highest BCUT2D eigenvalue weighted by Crippen LogP contribution is 2.35. The monoisotopic (exact) mass is 442 g/mol. The van der Waals surface area contributed by atoms with E-state index in [4.69, 9.17) is 9.47 Å². The lowest BCUT2D eigenvalue weighted by atomic mass is 10.0. The van der Waals surface area contributed by atoms with Crippen LogP contribution in [0.5, 0.6) is 11.5 Å². The van der Waals surface area contributed by atoms with Gasteiger partial charge in [-0.05, 0) is 73.9 Å². The molecule has 0 aliphatic carbocycles. The van der Waals surface area contributed by atoms with Gasteiger partial charge < -0.3 is 14.8 Å². The Balaban J connectivity index is 1.80. The maximum atomic E-state index is 13.6. The van der Waals surface area contributed by atoms with E-state index < -0.39 is 5.91 Å². The maximum absolute atomic E-state index is 13.6. The predicted molar refractivity (Wildman–Crippen MR) is 130 cm³/mol. The SMILES string of the molecule is CCOc1ccc(C2=C(Nc3cccc(OC)c3)C(=O)N(c3ccc(C)c(C)c3)C2=O)cc1. The second-order valence-electron chi connectivity index (χ2n) is 7.78. The van der Waals surface area contributed by atoms with Crippen molar-refractivity contribution in [3.63, 3.8) is 0 Å². The van der Waals surface area contributed by atoms with Crippen LogP contribution in [-0.2, 0) is 9.59 Å². The number of imide groups is 1. The van der Waals surface area contributed by atoms with Gasteiger partial charge in [-0.3, -0.25) is 9.59 Å². The van der Waals surface area contributed by atoms with Gasteiger partial charge in [-0.2, -0.15) is 0 Å². The topological polar surface area (TPSA) is 67.9 Å². The molecule has 168 valence electrons. The van der Waals surface area contributed by atoms with E-state index in [1.807, 2.05) is 51.1 Å². The molecule has 0 spiro atoms. The minimum atomic E-state index is -0.407. The summed E-state index contributed by atoms with van der Waals surface area (Å²) in [7, 11) is 1.58. The van der Waals surface area contributed by atoms with Crippen LogP contribution in [0.1, 0.15) is 23.6 Å². The number of anilines is 2. The number of hydrogen-bond acceptors (Lipinski definition) is 5. The average Bonchev–Trinajstić information content (AvgIpc) is 3.06. The highest BCUT2D eigenvalue weighted by Gasteiger charge is 2.40. The summed E-state index contributed by atoms with van der Waals surface area (Å²) in [5, 5.41) is 3.17. The van der Waals surface area contributed by atoms with Crippen molar-refractivity contribution in [2.75, 3.05) is 23.9 Å². The van der Waals surface area contributed by atoms with Gasteiger partial charge in [-0.1, -0.05) is 24.3 Å². The summed E-state index contributed by atoms with van der Waals surface area (Å²) in [6.45, 7) is 6.40. The van der Waals surface area contributed by atoms with Crippen molar-refractivity contribution in [2.45, 2.75) is 20.8 Å². The van der Waals surface area contributed by atoms with E-state index in [2.05, 4.69) is 5.32 Å². The summed E-state index contributed by atoms with van der Waals surface area (Å²) >= 11 is 0. The quantitative estimate of drug-likeness (QED) is 0.515. The molecule has 0 bridgehead atoms. The molecule has 1 N–H and O–H groups in total. The van der Waals surface area contributed by atoms with Crippen LogP contribution < -0.4 is 19.7 Å². The normalized spacial score (nSPS) is 13.5. The zero-order valence-corrected chi connectivity index (χ0v) is 19.1. The van der Waals surface area contributed by atoms with Crippen LogP contribution in [-0.4, -0.2) is 25.5 Å². The van der Waals surface area contributed by atoms with Crippen LogP contribution in [0.15, 0.2) is 72.4 Å². The third-order valence-corrected chi connectivity index (χ3v) is 5.63. The van der Waals surface area contributed by atoms with E-state index in [0.717, 1.165) is 11.1 Å². The number of nitrogens with zero attached hydrogens (tertiary/aromatic N) is 1. The molecule has 0 radical (unpaired) electrons. The summed E-state index contributed by atoms with van der Waals surface area (Å²) < 4.78 is 10.8. The number of methoxy groups -OCH3 is 1. The fourth-order valence-electron chi connectivity index (χ4n) is 3.74. The highest BCUT2D eigenvalue weighted by molar-refractivity contribution is 6.46. The molecule has 2 amide bonds. The van der Waals surface area contributed by atoms with Crippen LogP contribution in [0.2, 0.25) is 0 Å². The minimum Gasteiger partial charge on any atom is -0.497 e. The van der Waals surface area contributed by atoms with Crippen LogP contribution in [0.3, 0.4) is 0 Å². The first-order valence-electron chi connectivity index (χ1n) is 10.8. The number of aryl methyl sites for hydroxylation is 2. The fourth-order valence-corrected chi connectivity index (χ4v) is 3.74. The number of benzene rings is 3. The summed E-state index contributed by atoms with van der Waals surface area (Å²) in [5.41, 5.74) is 4.44. The fraction of sp³-hybridized carbons (Fsp3) is 0.185. The average molecular weight is 443 g/mol. The third-order valence-electron chi connectivity index (χ3n) is 5.63. The third kappa shape index (κ3) is 4.32. The highest BCUT2D eigenvalue weighted by atomic mass is 16.5. The standard InChI is InChI=1S/C27H26N2O4/c1-5-33-22-13-10-19(11-14-22)24-25(28-20-7-6-8-23(16-20)32-4)27(31)29(26(24)30)21-12-9-17(2)18(3)15-21/h6-16,28H,5H2,1-4H3. The number of ether oxygens (including phenoxy) is 2. The molecule has 3 aromatic rings. The largest absolute Gasteiger partial charge is 0.497 e. The van der Waals surface area contributed by atoms with Crippen molar-refractivity contribution in [1.82, 2.24) is 0 Å². The lowest BCUT2D eigenvalue weighted by molar-refractivity contribution is -0.120. The Kier molecular flexibility index (Phi) is 6.18. The first kappa shape index (κ1) is 22.1. The summed E-state index contributed by atoms with van der Waals surface area (Å²) in [6.07, 6.45) is 0. The molecular weight excluding hydrogens is 416 g/mol. The van der Waals surface area contributed by atoms with Gasteiger partial charge in [0, 0.05) is 11.8 Å². The number of hydrogen-bond donors (Lipinski definition) is 1. The van der Waals surface area contributed by atoms with Crippen molar-refractivity contribution in [1.29, 1.82) is 0 Å². The van der Waals surface area contributed by atoms with E-state index in [1.165, 1.54) is 4.90 Å². The van der Waals surface area contributed by atoms with Gasteiger partial charge >= 0.3 is 0 Å². The first-order valence-corrected chi connectivity index (χ1v) is 10.8. The smallest absolute Gasteiger partial charge is 0.282 e. The molecule has 0 atom stereocenters. The van der Waals surface area contributed by atoms with Crippen LogP contribution in [0.4, 0.5) is 11.4 Å². The van der Waals surface area contributed by atoms with Crippen molar-refractivity contribution in [2.24, 2.45) is 0 Å². The number of carbonyl (C=O) groups excluding carboxylic acids is 2. The lowest BCUT2D eigenvalue weighted by Crippen LogP contribution is -2.32. The molecule has 0 fully saturated rings. The molecule has 1 aliphatic heterocycles. The first-order chi connectivity index (χ1) is 15.9. The number of carbonyl (C=O) groups is 2. The van der Waals surface area contributed by atoms with Gasteiger partial charge in [-0.25, -0.2) is 4.90 Å². The predicted octanol–water partition coefficient (Wildman–Crippen LogP) is 5.11. The van der Waals surface area contributed by atoms with Crippen LogP contribution in [0, 0.1) is 13.8 Å². The van der Waals surface area contributed by atoms with Gasteiger partial charge in [0.1, 0.15) is 17.2 Å². The van der Waals surface area contributed by atoms with E-state index in [1.54, 1.807) is 43.5 Å². The molecular formula is C27H26N2O4. The Morgan fingerprint density at radius 1 is 0.848 bits per heavy atom. The molecule has 0 saturated carbocycles. The zero-order valence-electron chi connectivity index (χ0n) is 19.1. The minimum absolute atomic E-state index is 0.218. The van der Waals surface area contributed by atoms with Gasteiger partial charge in [0.25, 0.3) is 11.8 Å². The Bertz CT molecular complexity index is 1250. The van der Waals surface area contributed by atoms with Crippen molar-refractivity contribution < 1.29 is 19.1 Å². The van der Waals surface area contributed by atoms with Crippen molar-refractivity contribution >= 4 is 28.8 Å². The number of rotatable bonds is 7. The van der Waals surface area contributed by atoms with E-state index in [0.29, 0.717) is 40.6 Å². The number of nitrogens with one attached hydrogen (secondary N) is 1. The summed E-state index contributed by atoms with van der Waals surface area (Å²) in [5.74, 6) is 0.561. The maximum Gasteiger partial charge on any atom is 0.282 e. The van der Waals surface area contributed by atoms with Crippen LogP contribution >= 0.6 is 0 Å². The molecule has 6 heteroatoms. The molecule has 0 aromatic heterocycles. The second-order valence-corrected chi connectivity index (χ2v) is 7.78. The van der Waals surface area contributed by atoms with Gasteiger partial charge in [-0.15, -0.1) is 0 Å². The summed E-state index contributed by atoms with van der Waals surface area (Å²) in [6, 6.07) is 20.0. The van der Waals surface area contributed by atoms with Gasteiger partial charge in [0.15, 0.2) is 0 Å². The Labute approximate surface area is 193 Å². The second kappa shape index (κ2) is 9.20. The molecule has 33 heavy (non-hydrogen) atoms. The molecule has 6 nitrogen and oxygen atoms in total. The molecule has 0 unspecified atom stereocenters. The van der Waals surface area contributed by atoms with Crippen LogP contribution in [0.25, 0.3) is 5.57 Å². The van der Waals surface area contributed by atoms with Crippen molar-refractivity contribution in [3.8, 4) is 11.5 Å². The lowest BCUT2D eigenvalue weighted by Gasteiger charge is -2.17. The Morgan fingerprint density at radius 2 is 1.61 bits per heavy atom. The van der Waals surface area contributed by atoms with E-state index in [9.17, 15) is 9.59 Å². The van der Waals surface area contributed by atoms with Gasteiger partial charge in [0.2, 0.25) is 0 Å². The molecule has 0 saturated heterocycles. The van der Waals surface area contributed by atoms with E-state index in [-0.39, 0.29) is 11.6 Å². The van der Waals surface area contributed by atoms with Crippen molar-refractivity contribution in [3.05, 3.63) is 89.1 Å². The molecule has 1 heterocycles. The summed E-state index contributed by atoms with van der Waals surface area (Å²) in [4.78, 5) is 28.4. The molecule has 1 aliphatic rings. The zero-order chi connectivity index (χ0) is 23.5. The molecule has 4 rings (SSSR count). The van der Waals surface area contributed by atoms with Gasteiger partial charge in [0.05, 0.1) is 25.0 Å². The Hall–Kier alpha value is -4.06. The van der Waals surface area contributed by atoms with E-state index >= 15 is 0 Å². The number of amides is 2. The Morgan fingerprint density at radius 3 is 2.27 bits per heavy atom. The molecule has 3 aromatic carbocycles.